The van der Waals surface area contributed by atoms with Gasteiger partial charge in [0.25, 0.3) is 0 Å². The summed E-state index contributed by atoms with van der Waals surface area (Å²) < 4.78 is 5.34. The second kappa shape index (κ2) is 7.64. The molecule has 1 saturated carbocycles. The highest BCUT2D eigenvalue weighted by Crippen LogP contribution is 2.27. The van der Waals surface area contributed by atoms with E-state index in [1.807, 2.05) is 4.90 Å². The minimum atomic E-state index is -0.115. The number of hydrogen-bond donors (Lipinski definition) is 1. The zero-order valence-electron chi connectivity index (χ0n) is 11.0. The molecule has 0 radical (unpaired) electrons. The van der Waals surface area contributed by atoms with E-state index in [0.29, 0.717) is 6.61 Å². The third-order valence-electron chi connectivity index (χ3n) is 3.91. The lowest BCUT2D eigenvalue weighted by molar-refractivity contribution is -0.138. The van der Waals surface area contributed by atoms with Gasteiger partial charge >= 0.3 is 0 Å². The zero-order chi connectivity index (χ0) is 11.7. The molecule has 112 valence electrons. The number of nitrogens with zero attached hydrogens (tertiary/aromatic N) is 2. The van der Waals surface area contributed by atoms with Gasteiger partial charge in [-0.2, -0.15) is 0 Å². The number of amides is 1. The SMILES string of the molecule is Cl.Cl.O=C(C1COCCN1)N1CCN(C2CC2)CC1. The van der Waals surface area contributed by atoms with Crippen LogP contribution >= 0.6 is 24.8 Å². The number of carbonyl (C=O) groups is 1. The molecule has 5 nitrogen and oxygen atoms in total. The first-order valence-electron chi connectivity index (χ1n) is 6.68. The molecule has 3 fully saturated rings. The Morgan fingerprint density at radius 2 is 1.79 bits per heavy atom. The van der Waals surface area contributed by atoms with Crippen molar-refractivity contribution < 1.29 is 9.53 Å². The third kappa shape index (κ3) is 4.20. The fourth-order valence-electron chi connectivity index (χ4n) is 2.69. The first-order chi connectivity index (χ1) is 8.34. The molecular weight excluding hydrogens is 289 g/mol. The van der Waals surface area contributed by atoms with E-state index in [4.69, 9.17) is 4.74 Å². The van der Waals surface area contributed by atoms with Crippen LogP contribution in [0.1, 0.15) is 12.8 Å². The minimum Gasteiger partial charge on any atom is -0.378 e. The molecule has 1 amide bonds. The Kier molecular flexibility index (Phi) is 6.83. The number of hydrogen-bond acceptors (Lipinski definition) is 4. The molecule has 3 aliphatic rings. The van der Waals surface area contributed by atoms with Crippen LogP contribution in [-0.2, 0) is 9.53 Å². The van der Waals surface area contributed by atoms with Gasteiger partial charge in [0.05, 0.1) is 13.2 Å². The summed E-state index contributed by atoms with van der Waals surface area (Å²) in [6, 6.07) is 0.708. The van der Waals surface area contributed by atoms with Crippen LogP contribution in [0.15, 0.2) is 0 Å². The second-order valence-electron chi connectivity index (χ2n) is 5.17. The van der Waals surface area contributed by atoms with Crippen molar-refractivity contribution in [2.45, 2.75) is 24.9 Å². The molecule has 2 aliphatic heterocycles. The molecule has 0 spiro atoms. The van der Waals surface area contributed by atoms with Crippen molar-refractivity contribution >= 4 is 30.7 Å². The van der Waals surface area contributed by atoms with E-state index in [0.717, 1.165) is 45.4 Å². The van der Waals surface area contributed by atoms with Crippen molar-refractivity contribution in [1.82, 2.24) is 15.1 Å². The van der Waals surface area contributed by atoms with Crippen molar-refractivity contribution in [3.63, 3.8) is 0 Å². The van der Waals surface area contributed by atoms with Crippen LogP contribution in [0.25, 0.3) is 0 Å². The lowest BCUT2D eigenvalue weighted by Gasteiger charge is -2.37. The van der Waals surface area contributed by atoms with E-state index < -0.39 is 0 Å². The molecule has 0 aromatic heterocycles. The Hall–Kier alpha value is -0.0700. The number of ether oxygens (including phenoxy) is 1. The second-order valence-corrected chi connectivity index (χ2v) is 5.17. The molecule has 0 aromatic rings. The van der Waals surface area contributed by atoms with Gasteiger partial charge in [0.2, 0.25) is 5.91 Å². The van der Waals surface area contributed by atoms with Crippen LogP contribution in [0, 0.1) is 0 Å². The fraction of sp³-hybridized carbons (Fsp3) is 0.917. The van der Waals surface area contributed by atoms with E-state index in [-0.39, 0.29) is 36.8 Å². The van der Waals surface area contributed by atoms with Crippen LogP contribution in [0.5, 0.6) is 0 Å². The Labute approximate surface area is 126 Å². The van der Waals surface area contributed by atoms with Gasteiger partial charge in [-0.1, -0.05) is 0 Å². The molecule has 3 rings (SSSR count). The third-order valence-corrected chi connectivity index (χ3v) is 3.91. The molecule has 7 heteroatoms. The maximum Gasteiger partial charge on any atom is 0.242 e. The van der Waals surface area contributed by atoms with E-state index in [1.165, 1.54) is 12.8 Å². The molecule has 1 aliphatic carbocycles. The molecule has 1 unspecified atom stereocenters. The Morgan fingerprint density at radius 1 is 1.11 bits per heavy atom. The average molecular weight is 312 g/mol. The number of rotatable bonds is 2. The van der Waals surface area contributed by atoms with Crippen molar-refractivity contribution in [3.05, 3.63) is 0 Å². The molecule has 1 N–H and O–H groups in total. The van der Waals surface area contributed by atoms with E-state index >= 15 is 0 Å². The van der Waals surface area contributed by atoms with Gasteiger partial charge in [-0.25, -0.2) is 0 Å². The molecule has 2 saturated heterocycles. The summed E-state index contributed by atoms with van der Waals surface area (Å²) in [5, 5.41) is 3.23. The lowest BCUT2D eigenvalue weighted by Crippen LogP contribution is -2.57. The fourth-order valence-corrected chi connectivity index (χ4v) is 2.69. The van der Waals surface area contributed by atoms with Crippen molar-refractivity contribution in [2.24, 2.45) is 0 Å². The van der Waals surface area contributed by atoms with Crippen LogP contribution < -0.4 is 5.32 Å². The van der Waals surface area contributed by atoms with Gasteiger partial charge in [-0.15, -0.1) is 24.8 Å². The Balaban J connectivity index is 0.000000902. The quantitative estimate of drug-likeness (QED) is 0.787. The topological polar surface area (TPSA) is 44.8 Å². The molecule has 19 heavy (non-hydrogen) atoms. The lowest BCUT2D eigenvalue weighted by atomic mass is 10.2. The molecule has 0 aromatic carbocycles. The summed E-state index contributed by atoms with van der Waals surface area (Å²) in [4.78, 5) is 16.7. The number of carbonyl (C=O) groups excluding carboxylic acids is 1. The largest absolute Gasteiger partial charge is 0.378 e. The average Bonchev–Trinajstić information content (AvgIpc) is 3.24. The van der Waals surface area contributed by atoms with Crippen LogP contribution in [-0.4, -0.2) is 73.7 Å². The van der Waals surface area contributed by atoms with Crippen molar-refractivity contribution in [3.8, 4) is 0 Å². The maximum atomic E-state index is 12.2. The van der Waals surface area contributed by atoms with Crippen LogP contribution in [0.3, 0.4) is 0 Å². The van der Waals surface area contributed by atoms with E-state index in [1.54, 1.807) is 0 Å². The summed E-state index contributed by atoms with van der Waals surface area (Å²) in [5.74, 6) is 0.222. The monoisotopic (exact) mass is 311 g/mol. The highest BCUT2D eigenvalue weighted by atomic mass is 35.5. The number of morpholine rings is 1. The highest BCUT2D eigenvalue weighted by Gasteiger charge is 2.34. The van der Waals surface area contributed by atoms with Crippen LogP contribution in [0.4, 0.5) is 0 Å². The first kappa shape index (κ1) is 17.0. The van der Waals surface area contributed by atoms with Crippen LogP contribution in [0.2, 0.25) is 0 Å². The molecular formula is C12H23Cl2N3O2. The summed E-state index contributed by atoms with van der Waals surface area (Å²) in [6.07, 6.45) is 2.71. The minimum absolute atomic E-state index is 0. The van der Waals surface area contributed by atoms with Gasteiger partial charge in [0.15, 0.2) is 0 Å². The maximum absolute atomic E-state index is 12.2. The summed E-state index contributed by atoms with van der Waals surface area (Å²) in [5.41, 5.74) is 0. The van der Waals surface area contributed by atoms with E-state index in [2.05, 4.69) is 10.2 Å². The molecule has 2 heterocycles. The molecule has 0 bridgehead atoms. The van der Waals surface area contributed by atoms with Crippen molar-refractivity contribution in [1.29, 1.82) is 0 Å². The predicted octanol–water partition coefficient (Wildman–Crippen LogP) is 0.125. The van der Waals surface area contributed by atoms with Gasteiger partial charge < -0.3 is 15.0 Å². The highest BCUT2D eigenvalue weighted by molar-refractivity contribution is 5.85. The van der Waals surface area contributed by atoms with E-state index in [9.17, 15) is 4.79 Å². The summed E-state index contributed by atoms with van der Waals surface area (Å²) >= 11 is 0. The van der Waals surface area contributed by atoms with Gasteiger partial charge in [-0.05, 0) is 12.8 Å². The standard InChI is InChI=1S/C12H21N3O2.2ClH/c16-12(11-9-17-8-3-13-11)15-6-4-14(5-7-15)10-1-2-10;;/h10-11,13H,1-9H2;2*1H. The smallest absolute Gasteiger partial charge is 0.242 e. The zero-order valence-corrected chi connectivity index (χ0v) is 12.7. The number of piperazine rings is 1. The summed E-state index contributed by atoms with van der Waals surface area (Å²) in [7, 11) is 0. The van der Waals surface area contributed by atoms with Crippen molar-refractivity contribution in [2.75, 3.05) is 45.9 Å². The van der Waals surface area contributed by atoms with Gasteiger partial charge in [0, 0.05) is 38.8 Å². The summed E-state index contributed by atoms with van der Waals surface area (Å²) in [6.45, 7) is 5.90. The normalized spacial score (nSPS) is 28.2. The predicted molar refractivity (Wildman–Crippen MR) is 78.3 cm³/mol. The Morgan fingerprint density at radius 3 is 2.32 bits per heavy atom. The molecule has 1 atom stereocenters. The Bertz CT molecular complexity index is 289. The van der Waals surface area contributed by atoms with Gasteiger partial charge in [-0.3, -0.25) is 9.69 Å². The number of nitrogens with one attached hydrogen (secondary N) is 1. The number of halogens is 2. The first-order valence-corrected chi connectivity index (χ1v) is 6.68. The van der Waals surface area contributed by atoms with Gasteiger partial charge in [0.1, 0.15) is 6.04 Å².